The molecule has 0 heterocycles. The summed E-state index contributed by atoms with van der Waals surface area (Å²) in [5, 5.41) is -0.442. The molecule has 0 aromatic heterocycles. The first-order chi connectivity index (χ1) is 11.3. The van der Waals surface area contributed by atoms with Gasteiger partial charge in [-0.05, 0) is 0 Å². The molecule has 0 fully saturated rings. The third-order valence-electron chi connectivity index (χ3n) is 2.58. The van der Waals surface area contributed by atoms with Crippen LogP contribution in [0.5, 0.6) is 0 Å². The van der Waals surface area contributed by atoms with Gasteiger partial charge in [-0.1, -0.05) is 64.5 Å². The molecule has 3 nitrogen and oxygen atoms in total. The van der Waals surface area contributed by atoms with Gasteiger partial charge in [0.1, 0.15) is 0 Å². The van der Waals surface area contributed by atoms with Crippen molar-refractivity contribution in [2.45, 2.75) is 59.3 Å². The first-order valence-electron chi connectivity index (χ1n) is 8.58. The van der Waals surface area contributed by atoms with Crippen LogP contribution in [0.2, 0.25) is 0 Å². The van der Waals surface area contributed by atoms with E-state index in [9.17, 15) is 12.3 Å². The van der Waals surface area contributed by atoms with Crippen LogP contribution < -0.4 is 5.19 Å². The molecule has 0 saturated carbocycles. The summed E-state index contributed by atoms with van der Waals surface area (Å²) in [4.78, 5) is 0. The van der Waals surface area contributed by atoms with Crippen LogP contribution in [-0.4, -0.2) is 28.7 Å². The van der Waals surface area contributed by atoms with E-state index in [2.05, 4.69) is 20.8 Å². The van der Waals surface area contributed by atoms with Gasteiger partial charge >= 0.3 is 34.9 Å². The molecule has 25 heavy (non-hydrogen) atoms. The molecule has 0 bridgehead atoms. The number of rotatable bonds is 7. The first kappa shape index (κ1) is 32.8. The second-order valence-electron chi connectivity index (χ2n) is 4.98. The third kappa shape index (κ3) is 32.3. The van der Waals surface area contributed by atoms with Crippen molar-refractivity contribution in [1.82, 2.24) is 0 Å². The molecule has 0 aliphatic rings. The fourth-order valence-electron chi connectivity index (χ4n) is 1.09. The van der Waals surface area contributed by atoms with E-state index in [0.717, 1.165) is 50.7 Å². The molecule has 1 aromatic carbocycles. The maximum atomic E-state index is 11.8. The minimum Gasteiger partial charge on any atom is -0.677 e. The minimum atomic E-state index is -5.48. The van der Waals surface area contributed by atoms with Gasteiger partial charge in [-0.3, -0.25) is 0 Å². The quantitative estimate of drug-likeness (QED) is 0.202. The van der Waals surface area contributed by atoms with Crippen LogP contribution >= 0.6 is 0 Å². The van der Waals surface area contributed by atoms with E-state index in [1.807, 2.05) is 0 Å². The van der Waals surface area contributed by atoms with Crippen LogP contribution in [0.25, 0.3) is 17.2 Å². The Labute approximate surface area is 172 Å². The molecule has 0 radical (unpaired) electrons. The van der Waals surface area contributed by atoms with Gasteiger partial charge in [0, 0.05) is 0 Å². The van der Waals surface area contributed by atoms with E-state index in [1.54, 1.807) is 0 Å². The number of unbranched alkanes of at least 4 members (excludes halogenated alkanes) is 3. The van der Waals surface area contributed by atoms with E-state index in [1.165, 1.54) is 12.1 Å². The van der Waals surface area contributed by atoms with E-state index in [-0.39, 0.29) is 25.8 Å². The van der Waals surface area contributed by atoms with Gasteiger partial charge in [0.05, 0.1) is 0 Å². The van der Waals surface area contributed by atoms with Gasteiger partial charge < -0.3 is 17.2 Å². The molecule has 0 atom stereocenters. The van der Waals surface area contributed by atoms with Gasteiger partial charge in [0.25, 0.3) is 0 Å². The molecule has 1 rings (SSSR count). The topological polar surface area (TPSA) is 71.4 Å². The summed E-state index contributed by atoms with van der Waals surface area (Å²) in [5.41, 5.74) is 19.8. The van der Waals surface area contributed by atoms with Crippen LogP contribution in [0.4, 0.5) is 12.3 Å². The average molecular weight is 544 g/mol. The molecule has 0 aliphatic carbocycles. The standard InChI is InChI=1S/C5H4F3Si.3C4H10N.Hf/c6-9(7,8)5-3-1-2-4-5;3*1-2-3-4-5;/h1-4H;3*5H,2-4H2,1H3;/q4*-1;+4. The van der Waals surface area contributed by atoms with Crippen molar-refractivity contribution in [3.63, 3.8) is 0 Å². The molecular weight excluding hydrogens is 510 g/mol. The van der Waals surface area contributed by atoms with Crippen LogP contribution in [0, 0.1) is 0 Å². The van der Waals surface area contributed by atoms with Crippen molar-refractivity contribution in [1.29, 1.82) is 0 Å². The summed E-state index contributed by atoms with van der Waals surface area (Å²) in [6, 6.07) is 5.00. The fraction of sp³-hybridized carbons (Fsp3) is 0.706. The summed E-state index contributed by atoms with van der Waals surface area (Å²) in [6.45, 7) is 8.06. The zero-order valence-electron chi connectivity index (χ0n) is 15.8. The zero-order chi connectivity index (χ0) is 19.3. The number of halogens is 3. The molecule has 0 aliphatic heterocycles. The van der Waals surface area contributed by atoms with Crippen molar-refractivity contribution >= 4 is 14.3 Å². The second-order valence-corrected chi connectivity index (χ2v) is 6.55. The fourth-order valence-corrected chi connectivity index (χ4v) is 1.66. The maximum Gasteiger partial charge on any atom is 4.00 e. The summed E-state index contributed by atoms with van der Waals surface area (Å²) in [6.07, 6.45) is 6.64. The van der Waals surface area contributed by atoms with E-state index in [0.29, 0.717) is 19.6 Å². The van der Waals surface area contributed by atoms with Crippen molar-refractivity contribution < 1.29 is 38.2 Å². The predicted octanol–water partition coefficient (Wildman–Crippen LogP) is 6.97. The third-order valence-corrected chi connectivity index (χ3v) is 3.57. The van der Waals surface area contributed by atoms with Crippen LogP contribution in [0.3, 0.4) is 0 Å². The van der Waals surface area contributed by atoms with Gasteiger partial charge in [0.15, 0.2) is 0 Å². The Morgan fingerprint density at radius 3 is 1.08 bits per heavy atom. The predicted molar refractivity (Wildman–Crippen MR) is 103 cm³/mol. The summed E-state index contributed by atoms with van der Waals surface area (Å²) in [7, 11) is -5.48. The van der Waals surface area contributed by atoms with Gasteiger partial charge in [-0.2, -0.15) is 31.8 Å². The van der Waals surface area contributed by atoms with E-state index in [4.69, 9.17) is 17.2 Å². The maximum absolute atomic E-state index is 11.8. The Kier molecular flexibility index (Phi) is 34.5. The summed E-state index contributed by atoms with van der Waals surface area (Å²) in [5.74, 6) is 0. The molecule has 0 spiro atoms. The largest absolute Gasteiger partial charge is 4.00 e. The monoisotopic (exact) mass is 545 g/mol. The molecule has 146 valence electrons. The molecular formula is C17H34F3HfN3Si. The van der Waals surface area contributed by atoms with Gasteiger partial charge in [0.2, 0.25) is 0 Å². The Morgan fingerprint density at radius 2 is 1.00 bits per heavy atom. The normalized spacial score (nSPS) is 9.32. The average Bonchev–Trinajstić information content (AvgIpc) is 3.06. The van der Waals surface area contributed by atoms with Gasteiger partial charge in [-0.15, -0.1) is 0 Å². The smallest absolute Gasteiger partial charge is 0.677 e. The Hall–Kier alpha value is 0.107. The van der Waals surface area contributed by atoms with Crippen molar-refractivity contribution in [3.8, 4) is 0 Å². The van der Waals surface area contributed by atoms with Crippen molar-refractivity contribution in [2.24, 2.45) is 0 Å². The van der Waals surface area contributed by atoms with Crippen molar-refractivity contribution in [3.05, 3.63) is 41.5 Å². The number of nitrogens with one attached hydrogen (secondary N) is 3. The molecule has 8 heteroatoms. The molecule has 3 N–H and O–H groups in total. The van der Waals surface area contributed by atoms with E-state index >= 15 is 0 Å². The number of hydrogen-bond acceptors (Lipinski definition) is 0. The Bertz CT molecular complexity index is 290. The van der Waals surface area contributed by atoms with Crippen LogP contribution in [0.1, 0.15) is 59.3 Å². The van der Waals surface area contributed by atoms with E-state index < -0.39 is 14.3 Å². The van der Waals surface area contributed by atoms with Gasteiger partial charge in [-0.25, -0.2) is 24.5 Å². The Balaban J connectivity index is -0.000000122. The first-order valence-corrected chi connectivity index (χ1v) is 10.2. The molecule has 0 amide bonds. The van der Waals surface area contributed by atoms with Crippen LogP contribution in [0.15, 0.2) is 24.3 Å². The summed E-state index contributed by atoms with van der Waals surface area (Å²) >= 11 is 0. The zero-order valence-corrected chi connectivity index (χ0v) is 20.4. The second kappa shape index (κ2) is 26.3. The molecule has 0 saturated heterocycles. The molecule has 1 aromatic rings. The SMILES string of the molecule is CCCC[NH-].CCCC[NH-].CCCC[NH-].F[Si](F)(F)[c-]1cccc1.[Hf+4]. The van der Waals surface area contributed by atoms with Crippen LogP contribution in [-0.2, 0) is 25.8 Å². The summed E-state index contributed by atoms with van der Waals surface area (Å²) < 4.78 is 35.3. The minimum absolute atomic E-state index is 0. The molecule has 0 unspecified atom stereocenters. The Morgan fingerprint density at radius 1 is 0.720 bits per heavy atom. The van der Waals surface area contributed by atoms with Crippen molar-refractivity contribution in [2.75, 3.05) is 19.6 Å². The number of hydrogen-bond donors (Lipinski definition) is 0.